The number of benzene rings is 1. The van der Waals surface area contributed by atoms with E-state index in [9.17, 15) is 4.79 Å². The largest absolute Gasteiger partial charge is 0.497 e. The van der Waals surface area contributed by atoms with Gasteiger partial charge in [-0.1, -0.05) is 0 Å². The predicted molar refractivity (Wildman–Crippen MR) is 67.6 cm³/mol. The first-order chi connectivity index (χ1) is 8.61. The van der Waals surface area contributed by atoms with Gasteiger partial charge in [-0.05, 0) is 36.4 Å². The average molecular weight is 244 g/mol. The van der Waals surface area contributed by atoms with Crippen LogP contribution in [0.25, 0.3) is 11.3 Å². The van der Waals surface area contributed by atoms with Crippen LogP contribution in [0.4, 0.5) is 5.69 Å². The third-order valence-electron chi connectivity index (χ3n) is 2.51. The number of rotatable bonds is 3. The van der Waals surface area contributed by atoms with Gasteiger partial charge in [0, 0.05) is 5.56 Å². The zero-order valence-electron chi connectivity index (χ0n) is 9.75. The number of pyridine rings is 1. The summed E-state index contributed by atoms with van der Waals surface area (Å²) in [6.45, 7) is 0. The van der Waals surface area contributed by atoms with E-state index in [1.54, 1.807) is 25.3 Å². The Morgan fingerprint density at radius 1 is 1.22 bits per heavy atom. The third-order valence-corrected chi connectivity index (χ3v) is 2.51. The second-order valence-electron chi connectivity index (χ2n) is 3.67. The molecule has 5 heteroatoms. The van der Waals surface area contributed by atoms with E-state index in [1.165, 1.54) is 6.07 Å². The Morgan fingerprint density at radius 2 is 1.89 bits per heavy atom. The number of carboxylic acids is 1. The molecular formula is C13H12N2O3. The van der Waals surface area contributed by atoms with E-state index in [0.29, 0.717) is 5.69 Å². The Labute approximate surface area is 104 Å². The maximum atomic E-state index is 10.9. The van der Waals surface area contributed by atoms with E-state index >= 15 is 0 Å². The Bertz CT molecular complexity index is 579. The lowest BCUT2D eigenvalue weighted by Gasteiger charge is -2.05. The number of methoxy groups -OCH3 is 1. The van der Waals surface area contributed by atoms with Crippen LogP contribution in [-0.4, -0.2) is 23.2 Å². The molecule has 1 aromatic carbocycles. The van der Waals surface area contributed by atoms with Crippen molar-refractivity contribution in [1.29, 1.82) is 0 Å². The number of hydrogen-bond acceptors (Lipinski definition) is 4. The van der Waals surface area contributed by atoms with Gasteiger partial charge in [0.05, 0.1) is 18.5 Å². The Kier molecular flexibility index (Phi) is 3.14. The first-order valence-corrected chi connectivity index (χ1v) is 5.26. The Morgan fingerprint density at radius 3 is 2.44 bits per heavy atom. The van der Waals surface area contributed by atoms with Crippen LogP contribution >= 0.6 is 0 Å². The average Bonchev–Trinajstić information content (AvgIpc) is 2.39. The van der Waals surface area contributed by atoms with Crippen LogP contribution in [0.3, 0.4) is 0 Å². The van der Waals surface area contributed by atoms with Crippen LogP contribution in [0, 0.1) is 0 Å². The molecule has 0 saturated carbocycles. The van der Waals surface area contributed by atoms with Gasteiger partial charge >= 0.3 is 5.97 Å². The SMILES string of the molecule is COc1ccc(-c2ccc(N)c(C(=O)O)n2)cc1. The van der Waals surface area contributed by atoms with E-state index in [2.05, 4.69) is 4.98 Å². The molecule has 2 rings (SSSR count). The number of hydrogen-bond donors (Lipinski definition) is 2. The summed E-state index contributed by atoms with van der Waals surface area (Å²) < 4.78 is 5.05. The summed E-state index contributed by atoms with van der Waals surface area (Å²) in [7, 11) is 1.58. The maximum absolute atomic E-state index is 10.9. The molecule has 0 aliphatic heterocycles. The van der Waals surface area contributed by atoms with Gasteiger partial charge in [-0.3, -0.25) is 0 Å². The molecule has 0 bridgehead atoms. The van der Waals surface area contributed by atoms with Crippen molar-refractivity contribution in [1.82, 2.24) is 4.98 Å². The highest BCUT2D eigenvalue weighted by molar-refractivity contribution is 5.92. The van der Waals surface area contributed by atoms with Crippen molar-refractivity contribution in [3.05, 3.63) is 42.1 Å². The van der Waals surface area contributed by atoms with Crippen LogP contribution < -0.4 is 10.5 Å². The van der Waals surface area contributed by atoms with E-state index in [1.807, 2.05) is 12.1 Å². The smallest absolute Gasteiger partial charge is 0.356 e. The maximum Gasteiger partial charge on any atom is 0.356 e. The standard InChI is InChI=1S/C13H12N2O3/c1-18-9-4-2-8(3-5-9)11-7-6-10(14)12(15-11)13(16)17/h2-7H,14H2,1H3,(H,16,17). The highest BCUT2D eigenvalue weighted by atomic mass is 16.5. The highest BCUT2D eigenvalue weighted by Gasteiger charge is 2.11. The van der Waals surface area contributed by atoms with Crippen LogP contribution in [0.15, 0.2) is 36.4 Å². The van der Waals surface area contributed by atoms with Crippen LogP contribution in [-0.2, 0) is 0 Å². The van der Waals surface area contributed by atoms with Gasteiger partial charge in [-0.15, -0.1) is 0 Å². The molecule has 0 saturated heterocycles. The number of aromatic nitrogens is 1. The minimum absolute atomic E-state index is 0.136. The molecule has 0 aliphatic carbocycles. The number of aromatic carboxylic acids is 1. The van der Waals surface area contributed by atoms with Crippen molar-refractivity contribution in [2.75, 3.05) is 12.8 Å². The normalized spacial score (nSPS) is 10.1. The topological polar surface area (TPSA) is 85.4 Å². The number of carboxylic acid groups (broad SMARTS) is 1. The third kappa shape index (κ3) is 2.24. The van der Waals surface area contributed by atoms with Gasteiger partial charge in [0.15, 0.2) is 5.69 Å². The number of nitrogens with two attached hydrogens (primary N) is 1. The van der Waals surface area contributed by atoms with Gasteiger partial charge in [0.2, 0.25) is 0 Å². The first kappa shape index (κ1) is 11.9. The Hall–Kier alpha value is -2.56. The first-order valence-electron chi connectivity index (χ1n) is 5.26. The molecule has 0 spiro atoms. The van der Waals surface area contributed by atoms with Gasteiger partial charge < -0.3 is 15.6 Å². The predicted octanol–water partition coefficient (Wildman–Crippen LogP) is 2.04. The number of anilines is 1. The summed E-state index contributed by atoms with van der Waals surface area (Å²) in [5.41, 5.74) is 6.93. The molecule has 3 N–H and O–H groups in total. The quantitative estimate of drug-likeness (QED) is 0.862. The van der Waals surface area contributed by atoms with Gasteiger partial charge in [0.25, 0.3) is 0 Å². The molecule has 2 aromatic rings. The van der Waals surface area contributed by atoms with E-state index in [-0.39, 0.29) is 11.4 Å². The summed E-state index contributed by atoms with van der Waals surface area (Å²) in [5, 5.41) is 8.96. The summed E-state index contributed by atoms with van der Waals surface area (Å²) >= 11 is 0. The van der Waals surface area contributed by atoms with Gasteiger partial charge in [-0.2, -0.15) is 0 Å². The fourth-order valence-corrected chi connectivity index (χ4v) is 1.56. The molecule has 1 aromatic heterocycles. The van der Waals surface area contributed by atoms with Crippen molar-refractivity contribution in [3.8, 4) is 17.0 Å². The van der Waals surface area contributed by atoms with Crippen molar-refractivity contribution < 1.29 is 14.6 Å². The van der Waals surface area contributed by atoms with E-state index in [4.69, 9.17) is 15.6 Å². The van der Waals surface area contributed by atoms with Crippen LogP contribution in [0.1, 0.15) is 10.5 Å². The monoisotopic (exact) mass is 244 g/mol. The molecule has 0 radical (unpaired) electrons. The van der Waals surface area contributed by atoms with Crippen LogP contribution in [0.5, 0.6) is 5.75 Å². The number of nitrogen functional groups attached to an aromatic ring is 1. The minimum Gasteiger partial charge on any atom is -0.497 e. The molecule has 0 atom stereocenters. The molecule has 0 fully saturated rings. The van der Waals surface area contributed by atoms with Crippen molar-refractivity contribution >= 4 is 11.7 Å². The molecule has 92 valence electrons. The second-order valence-corrected chi connectivity index (χ2v) is 3.67. The van der Waals surface area contributed by atoms with Crippen molar-refractivity contribution in [2.24, 2.45) is 0 Å². The van der Waals surface area contributed by atoms with Crippen molar-refractivity contribution in [2.45, 2.75) is 0 Å². The van der Waals surface area contributed by atoms with E-state index < -0.39 is 5.97 Å². The van der Waals surface area contributed by atoms with Gasteiger partial charge in [0.1, 0.15) is 5.75 Å². The summed E-state index contributed by atoms with van der Waals surface area (Å²) in [4.78, 5) is 15.0. The molecule has 0 aliphatic rings. The zero-order chi connectivity index (χ0) is 13.1. The van der Waals surface area contributed by atoms with Crippen LogP contribution in [0.2, 0.25) is 0 Å². The molecule has 0 unspecified atom stereocenters. The lowest BCUT2D eigenvalue weighted by atomic mass is 10.1. The highest BCUT2D eigenvalue weighted by Crippen LogP contribution is 2.22. The van der Waals surface area contributed by atoms with Crippen molar-refractivity contribution in [3.63, 3.8) is 0 Å². The molecule has 18 heavy (non-hydrogen) atoms. The molecule has 5 nitrogen and oxygen atoms in total. The molecule has 0 amide bonds. The lowest BCUT2D eigenvalue weighted by Crippen LogP contribution is -2.06. The summed E-state index contributed by atoms with van der Waals surface area (Å²) in [6.07, 6.45) is 0. The fraction of sp³-hybridized carbons (Fsp3) is 0.0769. The zero-order valence-corrected chi connectivity index (χ0v) is 9.75. The lowest BCUT2D eigenvalue weighted by molar-refractivity contribution is 0.0692. The number of nitrogens with zero attached hydrogens (tertiary/aromatic N) is 1. The number of carbonyl (C=O) groups is 1. The van der Waals surface area contributed by atoms with E-state index in [0.717, 1.165) is 11.3 Å². The summed E-state index contributed by atoms with van der Waals surface area (Å²) in [5.74, 6) is -0.407. The minimum atomic E-state index is -1.14. The second kappa shape index (κ2) is 4.75. The summed E-state index contributed by atoms with van der Waals surface area (Å²) in [6, 6.07) is 10.4. The van der Waals surface area contributed by atoms with Gasteiger partial charge in [-0.25, -0.2) is 9.78 Å². The molecule has 1 heterocycles. The number of ether oxygens (including phenoxy) is 1. The Balaban J connectivity index is 2.44. The molecular weight excluding hydrogens is 232 g/mol. The fourth-order valence-electron chi connectivity index (χ4n) is 1.56.